The number of anilines is 1. The summed E-state index contributed by atoms with van der Waals surface area (Å²) in [6.45, 7) is 8.02. The molecule has 1 N–H and O–H groups in total. The van der Waals surface area contributed by atoms with E-state index in [-0.39, 0.29) is 6.04 Å². The minimum atomic E-state index is 0.166. The van der Waals surface area contributed by atoms with Crippen LogP contribution in [0.3, 0.4) is 0 Å². The molecule has 0 bridgehead atoms. The average Bonchev–Trinajstić information content (AvgIpc) is 2.20. The van der Waals surface area contributed by atoms with Crippen LogP contribution in [0, 0.1) is 6.92 Å². The molecule has 16 heavy (non-hydrogen) atoms. The van der Waals surface area contributed by atoms with E-state index in [0.29, 0.717) is 5.59 Å². The van der Waals surface area contributed by atoms with Crippen molar-refractivity contribution in [2.45, 2.75) is 19.9 Å². The fourth-order valence-electron chi connectivity index (χ4n) is 1.44. The van der Waals surface area contributed by atoms with E-state index in [1.165, 1.54) is 0 Å². The van der Waals surface area contributed by atoms with Gasteiger partial charge in [0.25, 0.3) is 0 Å². The highest BCUT2D eigenvalue weighted by atomic mass is 15.1. The van der Waals surface area contributed by atoms with E-state index in [4.69, 9.17) is 7.85 Å². The van der Waals surface area contributed by atoms with Gasteiger partial charge in [0.1, 0.15) is 7.85 Å². The third-order valence-electron chi connectivity index (χ3n) is 2.55. The largest absolute Gasteiger partial charge is 0.380 e. The Hall–Kier alpha value is -1.45. The maximum absolute atomic E-state index is 5.60. The lowest BCUT2D eigenvalue weighted by atomic mass is 10.0. The van der Waals surface area contributed by atoms with Gasteiger partial charge in [-0.1, -0.05) is 6.58 Å². The predicted octanol–water partition coefficient (Wildman–Crippen LogP) is 1.06. The summed E-state index contributed by atoms with van der Waals surface area (Å²) in [5.41, 5.74) is 3.46. The van der Waals surface area contributed by atoms with Gasteiger partial charge in [-0.05, 0) is 31.6 Å². The van der Waals surface area contributed by atoms with Gasteiger partial charge in [-0.2, -0.15) is 0 Å². The van der Waals surface area contributed by atoms with Crippen molar-refractivity contribution in [1.29, 1.82) is 0 Å². The molecule has 0 amide bonds. The molecule has 1 atom stereocenters. The van der Waals surface area contributed by atoms with E-state index < -0.39 is 0 Å². The molecular formula is C12H18BN3. The fraction of sp³-hybridized carbons (Fsp3) is 0.417. The Morgan fingerprint density at radius 3 is 2.62 bits per heavy atom. The number of hydrogen-bond donors (Lipinski definition) is 1. The molecule has 2 radical (unpaired) electrons. The molecule has 1 rings (SSSR count). The molecule has 0 aliphatic rings. The van der Waals surface area contributed by atoms with E-state index in [2.05, 4.69) is 23.8 Å². The van der Waals surface area contributed by atoms with Gasteiger partial charge in [-0.3, -0.25) is 4.98 Å². The van der Waals surface area contributed by atoms with Crippen molar-refractivity contribution in [2.24, 2.45) is 0 Å². The van der Waals surface area contributed by atoms with Crippen LogP contribution in [0.25, 0.3) is 0 Å². The van der Waals surface area contributed by atoms with Gasteiger partial charge in [0.2, 0.25) is 0 Å². The van der Waals surface area contributed by atoms with Crippen LogP contribution >= 0.6 is 0 Å². The van der Waals surface area contributed by atoms with E-state index in [1.54, 1.807) is 6.07 Å². The van der Waals surface area contributed by atoms with Crippen LogP contribution in [-0.2, 0) is 0 Å². The second kappa shape index (κ2) is 5.06. The molecule has 1 unspecified atom stereocenters. The number of rotatable bonds is 4. The van der Waals surface area contributed by atoms with Crippen molar-refractivity contribution in [1.82, 2.24) is 9.88 Å². The van der Waals surface area contributed by atoms with Gasteiger partial charge >= 0.3 is 0 Å². The lowest BCUT2D eigenvalue weighted by molar-refractivity contribution is 0.482. The third-order valence-corrected chi connectivity index (χ3v) is 2.55. The van der Waals surface area contributed by atoms with Crippen LogP contribution in [0.4, 0.5) is 5.69 Å². The van der Waals surface area contributed by atoms with E-state index >= 15 is 0 Å². The molecule has 1 aromatic rings. The topological polar surface area (TPSA) is 28.2 Å². The van der Waals surface area contributed by atoms with Crippen molar-refractivity contribution in [2.75, 3.05) is 19.4 Å². The number of likely N-dealkylation sites (N-methyl/N-ethyl adjacent to an activating group) is 1. The minimum Gasteiger partial charge on any atom is -0.380 e. The van der Waals surface area contributed by atoms with E-state index in [1.807, 2.05) is 32.0 Å². The van der Waals surface area contributed by atoms with Crippen molar-refractivity contribution in [3.05, 3.63) is 30.1 Å². The maximum atomic E-state index is 5.60. The summed E-state index contributed by atoms with van der Waals surface area (Å²) >= 11 is 0. The normalized spacial score (nSPS) is 12.0. The Kier molecular flexibility index (Phi) is 3.99. The zero-order valence-electron chi connectivity index (χ0n) is 10.4. The third kappa shape index (κ3) is 3.02. The van der Waals surface area contributed by atoms with Crippen LogP contribution in [0.1, 0.15) is 12.6 Å². The number of aryl methyl sites for hydroxylation is 1. The van der Waals surface area contributed by atoms with Crippen LogP contribution in [0.15, 0.2) is 24.4 Å². The molecule has 0 saturated carbocycles. The van der Waals surface area contributed by atoms with Crippen LogP contribution < -0.4 is 10.9 Å². The molecule has 0 fully saturated rings. The molecular weight excluding hydrogens is 197 g/mol. The predicted molar refractivity (Wildman–Crippen MR) is 70.3 cm³/mol. The number of hydrogen-bond acceptors (Lipinski definition) is 3. The van der Waals surface area contributed by atoms with Gasteiger partial charge in [-0.25, -0.2) is 0 Å². The number of nitrogens with zero attached hydrogens (tertiary/aromatic N) is 2. The zero-order valence-corrected chi connectivity index (χ0v) is 10.4. The molecule has 0 spiro atoms. The van der Waals surface area contributed by atoms with Crippen molar-refractivity contribution >= 4 is 19.1 Å². The highest BCUT2D eigenvalue weighted by Crippen LogP contribution is 2.14. The first-order valence-corrected chi connectivity index (χ1v) is 5.27. The average molecular weight is 215 g/mol. The fourth-order valence-corrected chi connectivity index (χ4v) is 1.44. The van der Waals surface area contributed by atoms with Gasteiger partial charge in [-0.15, -0.1) is 0 Å². The molecule has 0 aliphatic heterocycles. The standard InChI is InChI=1S/C12H18BN3/c1-8(10(3)16(4)5)14-11-6-7-12(13)15-9(11)2/h6-8,14H,3H2,1-2,4-5H3. The van der Waals surface area contributed by atoms with Crippen molar-refractivity contribution in [3.8, 4) is 0 Å². The van der Waals surface area contributed by atoms with Gasteiger partial charge in [0.05, 0.1) is 17.4 Å². The lowest BCUT2D eigenvalue weighted by Crippen LogP contribution is -2.27. The second-order valence-electron chi connectivity index (χ2n) is 4.12. The Labute approximate surface area is 99.0 Å². The maximum Gasteiger partial charge on any atom is 0.141 e. The summed E-state index contributed by atoms with van der Waals surface area (Å²) in [5.74, 6) is 0. The number of nitrogens with one attached hydrogen (secondary N) is 1. The van der Waals surface area contributed by atoms with Crippen LogP contribution in [0.5, 0.6) is 0 Å². The van der Waals surface area contributed by atoms with Gasteiger partial charge in [0.15, 0.2) is 0 Å². The SMILES string of the molecule is [B]c1ccc(NC(C)C(=C)N(C)C)c(C)n1. The molecule has 1 aromatic heterocycles. The van der Waals surface area contributed by atoms with Gasteiger partial charge < -0.3 is 10.2 Å². The second-order valence-corrected chi connectivity index (χ2v) is 4.12. The summed E-state index contributed by atoms with van der Waals surface area (Å²) in [7, 11) is 9.56. The minimum absolute atomic E-state index is 0.166. The highest BCUT2D eigenvalue weighted by Gasteiger charge is 2.09. The highest BCUT2D eigenvalue weighted by molar-refractivity contribution is 6.30. The molecule has 0 aliphatic carbocycles. The summed E-state index contributed by atoms with van der Waals surface area (Å²) in [6.07, 6.45) is 0. The Morgan fingerprint density at radius 2 is 2.12 bits per heavy atom. The first kappa shape index (κ1) is 12.6. The molecule has 0 saturated heterocycles. The molecule has 1 heterocycles. The van der Waals surface area contributed by atoms with E-state index in [0.717, 1.165) is 17.1 Å². The first-order valence-electron chi connectivity index (χ1n) is 5.27. The number of pyridine rings is 1. The molecule has 84 valence electrons. The van der Waals surface area contributed by atoms with E-state index in [9.17, 15) is 0 Å². The summed E-state index contributed by atoms with van der Waals surface area (Å²) in [6, 6.07) is 3.90. The lowest BCUT2D eigenvalue weighted by Gasteiger charge is -2.24. The number of aromatic nitrogens is 1. The Morgan fingerprint density at radius 1 is 1.50 bits per heavy atom. The molecule has 0 aromatic carbocycles. The van der Waals surface area contributed by atoms with Crippen LogP contribution in [-0.4, -0.2) is 37.9 Å². The van der Waals surface area contributed by atoms with Crippen molar-refractivity contribution in [3.63, 3.8) is 0 Å². The molecule has 4 heteroatoms. The zero-order chi connectivity index (χ0) is 12.3. The Balaban J connectivity index is 2.77. The summed E-state index contributed by atoms with van der Waals surface area (Å²) in [4.78, 5) is 6.20. The summed E-state index contributed by atoms with van der Waals surface area (Å²) < 4.78 is 0. The summed E-state index contributed by atoms with van der Waals surface area (Å²) in [5, 5.41) is 3.36. The first-order chi connectivity index (χ1) is 7.41. The van der Waals surface area contributed by atoms with Crippen LogP contribution in [0.2, 0.25) is 0 Å². The Bertz CT molecular complexity index is 388. The molecule has 3 nitrogen and oxygen atoms in total. The van der Waals surface area contributed by atoms with Crippen molar-refractivity contribution < 1.29 is 0 Å². The quantitative estimate of drug-likeness (QED) is 0.761. The van der Waals surface area contributed by atoms with Gasteiger partial charge in [0, 0.05) is 19.8 Å². The smallest absolute Gasteiger partial charge is 0.141 e. The monoisotopic (exact) mass is 215 g/mol.